The largest absolute Gasteiger partial charge is 0.476 e. The lowest BCUT2D eigenvalue weighted by atomic mass is 10.1. The minimum atomic E-state index is 0.295. The van der Waals surface area contributed by atoms with Gasteiger partial charge in [-0.15, -0.1) is 0 Å². The monoisotopic (exact) mass is 210 g/mol. The van der Waals surface area contributed by atoms with E-state index in [9.17, 15) is 0 Å². The van der Waals surface area contributed by atoms with Crippen LogP contribution in [0.15, 0.2) is 0 Å². The first-order valence-corrected chi connectivity index (χ1v) is 5.09. The van der Waals surface area contributed by atoms with Crippen molar-refractivity contribution in [1.82, 2.24) is 9.97 Å². The molecule has 0 bridgehead atoms. The molecule has 15 heavy (non-hydrogen) atoms. The molecule has 0 amide bonds. The molecule has 0 spiro atoms. The molecule has 4 N–H and O–H groups in total. The summed E-state index contributed by atoms with van der Waals surface area (Å²) in [5.74, 6) is 1.84. The molecule has 0 radical (unpaired) electrons. The Bertz CT molecular complexity index is 338. The molecular weight excluding hydrogens is 192 g/mol. The Labute approximate surface area is 89.9 Å². The van der Waals surface area contributed by atoms with Crippen LogP contribution < -0.4 is 16.2 Å². The van der Waals surface area contributed by atoms with E-state index in [0.717, 1.165) is 6.42 Å². The third-order valence-electron chi connectivity index (χ3n) is 1.86. The zero-order chi connectivity index (χ0) is 11.4. The van der Waals surface area contributed by atoms with Crippen molar-refractivity contribution >= 4 is 11.5 Å². The molecule has 0 aliphatic carbocycles. The van der Waals surface area contributed by atoms with Gasteiger partial charge in [0, 0.05) is 6.42 Å². The Morgan fingerprint density at radius 1 is 1.27 bits per heavy atom. The number of aromatic nitrogens is 2. The molecule has 0 aromatic carbocycles. The van der Waals surface area contributed by atoms with Crippen molar-refractivity contribution in [3.05, 3.63) is 5.82 Å². The van der Waals surface area contributed by atoms with Crippen LogP contribution in [-0.2, 0) is 6.42 Å². The fourth-order valence-corrected chi connectivity index (χ4v) is 1.21. The quantitative estimate of drug-likeness (QED) is 0.780. The van der Waals surface area contributed by atoms with Crippen LogP contribution in [0.25, 0.3) is 0 Å². The average Bonchev–Trinajstić information content (AvgIpc) is 2.12. The summed E-state index contributed by atoms with van der Waals surface area (Å²) in [6, 6.07) is 0. The summed E-state index contributed by atoms with van der Waals surface area (Å²) in [6.45, 7) is 6.58. The lowest BCUT2D eigenvalue weighted by Gasteiger charge is -2.10. The predicted molar refractivity (Wildman–Crippen MR) is 60.6 cm³/mol. The van der Waals surface area contributed by atoms with Crippen LogP contribution in [0.4, 0.5) is 11.5 Å². The molecule has 1 rings (SSSR count). The summed E-state index contributed by atoms with van der Waals surface area (Å²) >= 11 is 0. The maximum Gasteiger partial charge on any atom is 0.242 e. The number of nitrogens with zero attached hydrogens (tertiary/aromatic N) is 2. The van der Waals surface area contributed by atoms with Crippen LogP contribution >= 0.6 is 0 Å². The highest BCUT2D eigenvalue weighted by atomic mass is 16.5. The summed E-state index contributed by atoms with van der Waals surface area (Å²) in [4.78, 5) is 8.34. The third-order valence-corrected chi connectivity index (χ3v) is 1.86. The van der Waals surface area contributed by atoms with Gasteiger partial charge in [0.1, 0.15) is 11.5 Å². The van der Waals surface area contributed by atoms with Crippen LogP contribution in [0.1, 0.15) is 26.6 Å². The Morgan fingerprint density at radius 3 is 2.47 bits per heavy atom. The van der Waals surface area contributed by atoms with E-state index < -0.39 is 0 Å². The molecule has 0 atom stereocenters. The van der Waals surface area contributed by atoms with Gasteiger partial charge in [-0.1, -0.05) is 13.8 Å². The van der Waals surface area contributed by atoms with Crippen LogP contribution in [0.5, 0.6) is 5.88 Å². The molecule has 1 heterocycles. The number of ether oxygens (including phenoxy) is 1. The summed E-state index contributed by atoms with van der Waals surface area (Å²) in [5, 5.41) is 0. The van der Waals surface area contributed by atoms with E-state index in [-0.39, 0.29) is 0 Å². The Kier molecular flexibility index (Phi) is 3.71. The van der Waals surface area contributed by atoms with Gasteiger partial charge in [-0.05, 0) is 12.8 Å². The molecule has 0 unspecified atom stereocenters. The summed E-state index contributed by atoms with van der Waals surface area (Å²) in [6.07, 6.45) is 0.768. The summed E-state index contributed by atoms with van der Waals surface area (Å²) in [7, 11) is 0. The summed E-state index contributed by atoms with van der Waals surface area (Å²) in [5.41, 5.74) is 11.7. The number of nitrogens with two attached hydrogens (primary N) is 2. The van der Waals surface area contributed by atoms with Crippen molar-refractivity contribution in [3.63, 3.8) is 0 Å². The molecule has 0 saturated carbocycles. The van der Waals surface area contributed by atoms with Gasteiger partial charge in [0.15, 0.2) is 5.82 Å². The molecule has 1 aromatic heterocycles. The Morgan fingerprint density at radius 2 is 1.93 bits per heavy atom. The van der Waals surface area contributed by atoms with Gasteiger partial charge in [-0.25, -0.2) is 4.98 Å². The van der Waals surface area contributed by atoms with E-state index in [0.29, 0.717) is 35.7 Å². The number of rotatable bonds is 4. The number of nitrogen functional groups attached to an aromatic ring is 2. The molecule has 0 saturated heterocycles. The standard InChI is InChI=1S/C10H18N4O/c1-4-15-10-8(11)9(12)13-7(14-10)5-6(2)3/h6H,4-5,11H2,1-3H3,(H2,12,13,14). The van der Waals surface area contributed by atoms with Crippen molar-refractivity contribution in [3.8, 4) is 5.88 Å². The molecule has 84 valence electrons. The summed E-state index contributed by atoms with van der Waals surface area (Å²) < 4.78 is 5.28. The van der Waals surface area contributed by atoms with E-state index in [4.69, 9.17) is 16.2 Å². The van der Waals surface area contributed by atoms with Crippen LogP contribution in [0.2, 0.25) is 0 Å². The highest BCUT2D eigenvalue weighted by molar-refractivity contribution is 5.64. The molecular formula is C10H18N4O. The first-order chi connectivity index (χ1) is 7.04. The average molecular weight is 210 g/mol. The second-order valence-electron chi connectivity index (χ2n) is 3.77. The smallest absolute Gasteiger partial charge is 0.242 e. The maximum absolute atomic E-state index is 5.69. The van der Waals surface area contributed by atoms with Gasteiger partial charge < -0.3 is 16.2 Å². The predicted octanol–water partition coefficient (Wildman–Crippen LogP) is 1.24. The molecule has 5 heteroatoms. The van der Waals surface area contributed by atoms with Gasteiger partial charge in [-0.2, -0.15) is 4.98 Å². The van der Waals surface area contributed by atoms with Crippen LogP contribution in [-0.4, -0.2) is 16.6 Å². The molecule has 5 nitrogen and oxygen atoms in total. The van der Waals surface area contributed by atoms with Crippen molar-refractivity contribution < 1.29 is 4.74 Å². The zero-order valence-electron chi connectivity index (χ0n) is 9.45. The fraction of sp³-hybridized carbons (Fsp3) is 0.600. The highest BCUT2D eigenvalue weighted by Crippen LogP contribution is 2.24. The minimum Gasteiger partial charge on any atom is -0.476 e. The van der Waals surface area contributed by atoms with E-state index >= 15 is 0 Å². The minimum absolute atomic E-state index is 0.295. The number of hydrogen-bond acceptors (Lipinski definition) is 5. The highest BCUT2D eigenvalue weighted by Gasteiger charge is 2.11. The third kappa shape index (κ3) is 2.97. The zero-order valence-corrected chi connectivity index (χ0v) is 9.45. The maximum atomic E-state index is 5.69. The van der Waals surface area contributed by atoms with E-state index in [1.165, 1.54) is 0 Å². The van der Waals surface area contributed by atoms with Crippen molar-refractivity contribution in [2.45, 2.75) is 27.2 Å². The normalized spacial score (nSPS) is 10.7. The topological polar surface area (TPSA) is 87.0 Å². The van der Waals surface area contributed by atoms with Gasteiger partial charge in [-0.3, -0.25) is 0 Å². The van der Waals surface area contributed by atoms with Gasteiger partial charge in [0.2, 0.25) is 5.88 Å². The molecule has 0 fully saturated rings. The van der Waals surface area contributed by atoms with Gasteiger partial charge in [0.25, 0.3) is 0 Å². The Hall–Kier alpha value is -1.52. The van der Waals surface area contributed by atoms with E-state index in [2.05, 4.69) is 23.8 Å². The fourth-order valence-electron chi connectivity index (χ4n) is 1.21. The molecule has 0 aliphatic heterocycles. The SMILES string of the molecule is CCOc1nc(CC(C)C)nc(N)c1N. The second-order valence-corrected chi connectivity index (χ2v) is 3.77. The van der Waals surface area contributed by atoms with Gasteiger partial charge >= 0.3 is 0 Å². The second kappa shape index (κ2) is 4.82. The lowest BCUT2D eigenvalue weighted by Crippen LogP contribution is -2.10. The molecule has 1 aromatic rings. The van der Waals surface area contributed by atoms with Crippen molar-refractivity contribution in [2.75, 3.05) is 18.1 Å². The first-order valence-electron chi connectivity index (χ1n) is 5.09. The van der Waals surface area contributed by atoms with Crippen molar-refractivity contribution in [2.24, 2.45) is 5.92 Å². The Balaban J connectivity index is 3.00. The number of hydrogen-bond donors (Lipinski definition) is 2. The van der Waals surface area contributed by atoms with E-state index in [1.807, 2.05) is 6.92 Å². The van der Waals surface area contributed by atoms with Crippen molar-refractivity contribution in [1.29, 1.82) is 0 Å². The first kappa shape index (κ1) is 11.6. The van der Waals surface area contributed by atoms with E-state index in [1.54, 1.807) is 0 Å². The number of anilines is 2. The van der Waals surface area contributed by atoms with Crippen LogP contribution in [0, 0.1) is 5.92 Å². The molecule has 0 aliphatic rings. The lowest BCUT2D eigenvalue weighted by molar-refractivity contribution is 0.326. The van der Waals surface area contributed by atoms with Gasteiger partial charge in [0.05, 0.1) is 6.61 Å². The van der Waals surface area contributed by atoms with Crippen LogP contribution in [0.3, 0.4) is 0 Å².